The molecule has 0 saturated heterocycles. The largest absolute Gasteiger partial charge is 0.349 e. The van der Waals surface area contributed by atoms with Gasteiger partial charge in [0.2, 0.25) is 5.91 Å². The Morgan fingerprint density at radius 3 is 2.52 bits per heavy atom. The number of nitrogens with two attached hydrogens (primary N) is 1. The lowest BCUT2D eigenvalue weighted by atomic mass is 10.1. The number of nitrogens with one attached hydrogen (secondary N) is 4. The number of carbonyl (C=O) groups is 3. The first-order valence-electron chi connectivity index (χ1n) is 13.0. The normalized spacial score (nSPS) is 12.4. The van der Waals surface area contributed by atoms with Gasteiger partial charge < -0.3 is 27.0 Å². The molecule has 0 unspecified atom stereocenters. The van der Waals surface area contributed by atoms with Crippen LogP contribution in [0, 0.1) is 6.92 Å². The molecule has 1 heterocycles. The number of anilines is 3. The molecule has 10 heteroatoms. The van der Waals surface area contributed by atoms with Gasteiger partial charge in [0, 0.05) is 35.1 Å². The first kappa shape index (κ1) is 27.0. The van der Waals surface area contributed by atoms with Crippen LogP contribution in [0.25, 0.3) is 11.3 Å². The molecule has 1 aliphatic rings. The molecule has 3 aromatic carbocycles. The van der Waals surface area contributed by atoms with Gasteiger partial charge in [-0.15, -0.1) is 0 Å². The molecule has 1 aromatic heterocycles. The number of carbonyl (C=O) groups excluding carboxylic acids is 3. The Bertz CT molecular complexity index is 1550. The molecule has 3 amide bonds. The monoisotopic (exact) mass is 554 g/mol. The van der Waals surface area contributed by atoms with E-state index < -0.39 is 0 Å². The Morgan fingerprint density at radius 2 is 1.77 bits per heavy atom. The predicted octanol–water partition coefficient (Wildman–Crippen LogP) is 4.58. The zero-order valence-corrected chi connectivity index (χ0v) is 22.8. The molecule has 0 atom stereocenters. The Morgan fingerprint density at radius 1 is 0.975 bits per heavy atom. The van der Waals surface area contributed by atoms with E-state index in [-0.39, 0.29) is 30.3 Å². The van der Waals surface area contributed by atoms with Crippen LogP contribution in [0.3, 0.4) is 0 Å². The summed E-state index contributed by atoms with van der Waals surface area (Å²) in [5, 5.41) is 12.5. The maximum Gasteiger partial charge on any atom is 0.264 e. The van der Waals surface area contributed by atoms with Crippen LogP contribution in [0.1, 0.15) is 44.0 Å². The van der Waals surface area contributed by atoms with E-state index >= 15 is 0 Å². The standard InChI is InChI=1S/C30H30N6O3S/c1-18-10-11-21(28(38)34-22-12-13-22)15-24(18)35-30-36-26(20-8-5-9-23(14-20)33-25(37)16-31)27(40-30)29(39)32-17-19-6-3-2-4-7-19/h2-11,14-15,22H,12-13,16-17,31H2,1H3,(H,32,39)(H,33,37)(H,34,38)(H,35,36). The highest BCUT2D eigenvalue weighted by Crippen LogP contribution is 2.35. The van der Waals surface area contributed by atoms with Crippen molar-refractivity contribution in [3.05, 3.63) is 94.4 Å². The molecule has 0 spiro atoms. The van der Waals surface area contributed by atoms with Gasteiger partial charge in [-0.1, -0.05) is 59.9 Å². The van der Waals surface area contributed by atoms with Crippen molar-refractivity contribution in [1.82, 2.24) is 15.6 Å². The van der Waals surface area contributed by atoms with Crippen molar-refractivity contribution >= 4 is 45.6 Å². The van der Waals surface area contributed by atoms with Gasteiger partial charge in [-0.2, -0.15) is 0 Å². The second-order valence-electron chi connectivity index (χ2n) is 9.60. The maximum atomic E-state index is 13.4. The minimum absolute atomic E-state index is 0.109. The Balaban J connectivity index is 1.45. The van der Waals surface area contributed by atoms with Gasteiger partial charge in [0.05, 0.1) is 12.2 Å². The number of aromatic nitrogens is 1. The van der Waals surface area contributed by atoms with E-state index in [2.05, 4.69) is 21.3 Å². The fourth-order valence-corrected chi connectivity index (χ4v) is 4.96. The zero-order valence-electron chi connectivity index (χ0n) is 22.0. The lowest BCUT2D eigenvalue weighted by Gasteiger charge is -2.10. The Kier molecular flexibility index (Phi) is 8.18. The van der Waals surface area contributed by atoms with Crippen LogP contribution in [-0.2, 0) is 11.3 Å². The number of hydrogen-bond acceptors (Lipinski definition) is 7. The second kappa shape index (κ2) is 12.1. The molecule has 204 valence electrons. The number of rotatable bonds is 10. The van der Waals surface area contributed by atoms with E-state index in [1.807, 2.05) is 49.4 Å². The van der Waals surface area contributed by atoms with Gasteiger partial charge in [0.15, 0.2) is 5.13 Å². The van der Waals surface area contributed by atoms with Crippen molar-refractivity contribution in [1.29, 1.82) is 0 Å². The molecular weight excluding hydrogens is 524 g/mol. The van der Waals surface area contributed by atoms with Gasteiger partial charge in [0.25, 0.3) is 11.8 Å². The third-order valence-corrected chi connectivity index (χ3v) is 7.36. The predicted molar refractivity (Wildman–Crippen MR) is 158 cm³/mol. The van der Waals surface area contributed by atoms with Gasteiger partial charge >= 0.3 is 0 Å². The van der Waals surface area contributed by atoms with E-state index in [9.17, 15) is 14.4 Å². The topological polar surface area (TPSA) is 138 Å². The quantitative estimate of drug-likeness (QED) is 0.195. The fourth-order valence-electron chi connectivity index (χ4n) is 4.05. The van der Waals surface area contributed by atoms with Crippen LogP contribution in [0.4, 0.5) is 16.5 Å². The molecule has 0 bridgehead atoms. The van der Waals surface area contributed by atoms with E-state index in [1.165, 1.54) is 11.3 Å². The number of nitrogens with zero attached hydrogens (tertiary/aromatic N) is 1. The zero-order chi connectivity index (χ0) is 28.1. The summed E-state index contributed by atoms with van der Waals surface area (Å²) < 4.78 is 0. The highest BCUT2D eigenvalue weighted by molar-refractivity contribution is 7.18. The van der Waals surface area contributed by atoms with Crippen LogP contribution >= 0.6 is 11.3 Å². The number of benzene rings is 3. The van der Waals surface area contributed by atoms with E-state index in [0.717, 1.165) is 29.7 Å². The van der Waals surface area contributed by atoms with Crippen molar-refractivity contribution in [2.24, 2.45) is 5.73 Å². The molecule has 6 N–H and O–H groups in total. The fraction of sp³-hybridized carbons (Fsp3) is 0.200. The van der Waals surface area contributed by atoms with Crippen molar-refractivity contribution in [3.8, 4) is 11.3 Å². The molecule has 0 aliphatic heterocycles. The van der Waals surface area contributed by atoms with Crippen molar-refractivity contribution in [2.75, 3.05) is 17.2 Å². The minimum Gasteiger partial charge on any atom is -0.349 e. The summed E-state index contributed by atoms with van der Waals surface area (Å²) in [5.41, 5.74) is 10.3. The molecule has 1 fully saturated rings. The molecule has 4 aromatic rings. The van der Waals surface area contributed by atoms with E-state index in [0.29, 0.717) is 39.1 Å². The third-order valence-electron chi connectivity index (χ3n) is 6.39. The number of aryl methyl sites for hydroxylation is 1. The first-order chi connectivity index (χ1) is 19.4. The molecular formula is C30H30N6O3S. The molecule has 1 aliphatic carbocycles. The van der Waals surface area contributed by atoms with Gasteiger partial charge in [-0.05, 0) is 55.2 Å². The highest BCUT2D eigenvalue weighted by Gasteiger charge is 2.24. The van der Waals surface area contributed by atoms with Crippen LogP contribution in [0.2, 0.25) is 0 Å². The van der Waals surface area contributed by atoms with E-state index in [1.54, 1.807) is 30.3 Å². The van der Waals surface area contributed by atoms with Crippen LogP contribution in [0.15, 0.2) is 72.8 Å². The average Bonchev–Trinajstić information content (AvgIpc) is 3.68. The van der Waals surface area contributed by atoms with Gasteiger partial charge in [-0.25, -0.2) is 4.98 Å². The summed E-state index contributed by atoms with van der Waals surface area (Å²) in [7, 11) is 0. The van der Waals surface area contributed by atoms with Crippen molar-refractivity contribution in [2.45, 2.75) is 32.4 Å². The number of thiazole rings is 1. The van der Waals surface area contributed by atoms with Crippen molar-refractivity contribution in [3.63, 3.8) is 0 Å². The smallest absolute Gasteiger partial charge is 0.264 e. The van der Waals surface area contributed by atoms with Gasteiger partial charge in [0.1, 0.15) is 4.88 Å². The Labute approximate surface area is 236 Å². The summed E-state index contributed by atoms with van der Waals surface area (Å²) in [5.74, 6) is -0.697. The summed E-state index contributed by atoms with van der Waals surface area (Å²) in [4.78, 5) is 43.1. The molecule has 0 radical (unpaired) electrons. The molecule has 9 nitrogen and oxygen atoms in total. The molecule has 1 saturated carbocycles. The highest BCUT2D eigenvalue weighted by atomic mass is 32.1. The van der Waals surface area contributed by atoms with Crippen LogP contribution in [0.5, 0.6) is 0 Å². The summed E-state index contributed by atoms with van der Waals surface area (Å²) in [6.07, 6.45) is 2.02. The number of hydrogen-bond donors (Lipinski definition) is 5. The summed E-state index contributed by atoms with van der Waals surface area (Å²) in [6, 6.07) is 22.5. The second-order valence-corrected chi connectivity index (χ2v) is 10.6. The lowest BCUT2D eigenvalue weighted by Crippen LogP contribution is -2.25. The molecule has 40 heavy (non-hydrogen) atoms. The summed E-state index contributed by atoms with van der Waals surface area (Å²) in [6.45, 7) is 2.17. The average molecular weight is 555 g/mol. The SMILES string of the molecule is Cc1ccc(C(=O)NC2CC2)cc1Nc1nc(-c2cccc(NC(=O)CN)c2)c(C(=O)NCc2ccccc2)s1. The first-order valence-corrected chi connectivity index (χ1v) is 13.8. The van der Waals surface area contributed by atoms with Crippen LogP contribution < -0.4 is 27.0 Å². The van der Waals surface area contributed by atoms with E-state index in [4.69, 9.17) is 10.7 Å². The minimum atomic E-state index is -0.320. The lowest BCUT2D eigenvalue weighted by molar-refractivity contribution is -0.114. The van der Waals surface area contributed by atoms with Crippen molar-refractivity contribution < 1.29 is 14.4 Å². The maximum absolute atomic E-state index is 13.4. The third kappa shape index (κ3) is 6.71. The summed E-state index contributed by atoms with van der Waals surface area (Å²) >= 11 is 1.22. The van der Waals surface area contributed by atoms with Gasteiger partial charge in [-0.3, -0.25) is 14.4 Å². The van der Waals surface area contributed by atoms with Crippen LogP contribution in [-0.4, -0.2) is 35.3 Å². The Hall–Kier alpha value is -4.54. The molecule has 5 rings (SSSR count). The number of amides is 3.